The first kappa shape index (κ1) is 13.9. The van der Waals surface area contributed by atoms with Crippen molar-refractivity contribution < 1.29 is 0 Å². The van der Waals surface area contributed by atoms with E-state index >= 15 is 0 Å². The van der Waals surface area contributed by atoms with Gasteiger partial charge in [-0.25, -0.2) is 0 Å². The van der Waals surface area contributed by atoms with Crippen molar-refractivity contribution in [2.24, 2.45) is 0 Å². The molecule has 0 aromatic carbocycles. The number of aryl methyl sites for hydroxylation is 1. The van der Waals surface area contributed by atoms with E-state index in [9.17, 15) is 0 Å². The average Bonchev–Trinajstić information content (AvgIpc) is 2.77. The molecule has 0 spiro atoms. The molecule has 0 aliphatic heterocycles. The first-order valence-electron chi connectivity index (χ1n) is 6.34. The molecule has 0 saturated heterocycles. The summed E-state index contributed by atoms with van der Waals surface area (Å²) in [5, 5.41) is 13.4. The lowest BCUT2D eigenvalue weighted by Crippen LogP contribution is -2.18. The van der Waals surface area contributed by atoms with E-state index in [-0.39, 0.29) is 0 Å². The van der Waals surface area contributed by atoms with Crippen molar-refractivity contribution in [2.75, 3.05) is 18.9 Å². The smallest absolute Gasteiger partial charge is 0.205 e. The largest absolute Gasteiger partial charge is 0.360 e. The van der Waals surface area contributed by atoms with Gasteiger partial charge in [0.05, 0.1) is 12.2 Å². The zero-order chi connectivity index (χ0) is 13.7. The highest BCUT2D eigenvalue weighted by Gasteiger charge is 2.07. The van der Waals surface area contributed by atoms with Crippen LogP contribution in [0.15, 0.2) is 18.2 Å². The monoisotopic (exact) mass is 277 g/mol. The Hall–Kier alpha value is -1.53. The molecule has 0 atom stereocenters. The Labute approximate surface area is 117 Å². The molecule has 0 fully saturated rings. The second-order valence-electron chi connectivity index (χ2n) is 4.47. The van der Waals surface area contributed by atoms with Crippen LogP contribution in [0.25, 0.3) is 0 Å². The normalized spacial score (nSPS) is 10.9. The van der Waals surface area contributed by atoms with Crippen LogP contribution < -0.4 is 5.32 Å². The van der Waals surface area contributed by atoms with Crippen LogP contribution in [0.1, 0.15) is 23.3 Å². The number of hydrogen-bond acceptors (Lipinski definition) is 6. The fourth-order valence-corrected chi connectivity index (χ4v) is 2.68. The van der Waals surface area contributed by atoms with Gasteiger partial charge in [0.1, 0.15) is 5.01 Å². The third-order valence-corrected chi connectivity index (χ3v) is 3.44. The number of nitrogens with one attached hydrogen (secondary N) is 1. The minimum Gasteiger partial charge on any atom is -0.360 e. The number of rotatable bonds is 6. The Morgan fingerprint density at radius 3 is 2.84 bits per heavy atom. The Bertz CT molecular complexity index is 525. The van der Waals surface area contributed by atoms with Gasteiger partial charge in [-0.2, -0.15) is 0 Å². The molecule has 0 bridgehead atoms. The van der Waals surface area contributed by atoms with Crippen molar-refractivity contribution in [2.45, 2.75) is 26.9 Å². The van der Waals surface area contributed by atoms with Crippen molar-refractivity contribution in [3.63, 3.8) is 0 Å². The van der Waals surface area contributed by atoms with Gasteiger partial charge in [-0.15, -0.1) is 10.2 Å². The minimum absolute atomic E-state index is 0.790. The first-order valence-corrected chi connectivity index (χ1v) is 7.16. The van der Waals surface area contributed by atoms with Crippen molar-refractivity contribution >= 4 is 16.5 Å². The van der Waals surface area contributed by atoms with Crippen molar-refractivity contribution in [3.8, 4) is 0 Å². The SMILES string of the molecule is CCNc1nnc(CN(C)Cc2cccc(C)n2)s1. The maximum absolute atomic E-state index is 4.50. The van der Waals surface area contributed by atoms with E-state index < -0.39 is 0 Å². The maximum Gasteiger partial charge on any atom is 0.205 e. The lowest BCUT2D eigenvalue weighted by molar-refractivity contribution is 0.313. The quantitative estimate of drug-likeness (QED) is 0.878. The summed E-state index contributed by atoms with van der Waals surface area (Å²) in [5.41, 5.74) is 2.13. The lowest BCUT2D eigenvalue weighted by atomic mass is 10.3. The molecule has 6 heteroatoms. The molecule has 0 amide bonds. The van der Waals surface area contributed by atoms with Crippen LogP contribution in [0.4, 0.5) is 5.13 Å². The van der Waals surface area contributed by atoms with Crippen LogP contribution in [0.2, 0.25) is 0 Å². The molecule has 1 N–H and O–H groups in total. The van der Waals surface area contributed by atoms with Crippen LogP contribution in [-0.4, -0.2) is 33.7 Å². The van der Waals surface area contributed by atoms with Gasteiger partial charge in [0, 0.05) is 18.8 Å². The summed E-state index contributed by atoms with van der Waals surface area (Å²) in [6.07, 6.45) is 0. The molecule has 5 nitrogen and oxygen atoms in total. The van der Waals surface area contributed by atoms with Gasteiger partial charge in [0.25, 0.3) is 0 Å². The summed E-state index contributed by atoms with van der Waals surface area (Å²) in [5.74, 6) is 0. The van der Waals surface area contributed by atoms with E-state index in [0.717, 1.165) is 41.2 Å². The van der Waals surface area contributed by atoms with E-state index in [4.69, 9.17) is 0 Å². The molecule has 0 aliphatic carbocycles. The topological polar surface area (TPSA) is 53.9 Å². The van der Waals surface area contributed by atoms with Crippen LogP contribution in [0.3, 0.4) is 0 Å². The molecule has 102 valence electrons. The molecule has 0 aliphatic rings. The fourth-order valence-electron chi connectivity index (χ4n) is 1.79. The van der Waals surface area contributed by atoms with Gasteiger partial charge >= 0.3 is 0 Å². The summed E-state index contributed by atoms with van der Waals surface area (Å²) in [4.78, 5) is 6.70. The molecule has 0 saturated carbocycles. The summed E-state index contributed by atoms with van der Waals surface area (Å²) < 4.78 is 0. The van der Waals surface area contributed by atoms with Gasteiger partial charge in [-0.05, 0) is 33.0 Å². The number of nitrogens with zero attached hydrogens (tertiary/aromatic N) is 4. The van der Waals surface area contributed by atoms with Gasteiger partial charge in [0.2, 0.25) is 5.13 Å². The predicted molar refractivity (Wildman–Crippen MR) is 78.2 cm³/mol. The molecular weight excluding hydrogens is 258 g/mol. The Morgan fingerprint density at radius 1 is 1.26 bits per heavy atom. The fraction of sp³-hybridized carbons (Fsp3) is 0.462. The van der Waals surface area contributed by atoms with E-state index in [0.29, 0.717) is 0 Å². The predicted octanol–water partition coefficient (Wildman–Crippen LogP) is 2.31. The van der Waals surface area contributed by atoms with Crippen LogP contribution in [0.5, 0.6) is 0 Å². The van der Waals surface area contributed by atoms with E-state index in [2.05, 4.69) is 39.4 Å². The van der Waals surface area contributed by atoms with Gasteiger partial charge in [0.15, 0.2) is 0 Å². The number of anilines is 1. The minimum atomic E-state index is 0.790. The summed E-state index contributed by atoms with van der Waals surface area (Å²) in [6.45, 7) is 6.54. The standard InChI is InChI=1S/C13H19N5S/c1-4-14-13-17-16-12(19-13)9-18(3)8-11-7-5-6-10(2)15-11/h5-7H,4,8-9H2,1-3H3,(H,14,17). The second-order valence-corrected chi connectivity index (χ2v) is 5.54. The first-order chi connectivity index (χ1) is 9.17. The molecule has 2 rings (SSSR count). The van der Waals surface area contributed by atoms with Crippen LogP contribution in [0, 0.1) is 6.92 Å². The van der Waals surface area contributed by atoms with Crippen LogP contribution >= 0.6 is 11.3 Å². The molecule has 2 aromatic heterocycles. The molecular formula is C13H19N5S. The maximum atomic E-state index is 4.50. The third-order valence-electron chi connectivity index (χ3n) is 2.58. The lowest BCUT2D eigenvalue weighted by Gasteiger charge is -2.14. The highest BCUT2D eigenvalue weighted by molar-refractivity contribution is 7.15. The molecule has 2 aromatic rings. The van der Waals surface area contributed by atoms with E-state index in [1.165, 1.54) is 0 Å². The summed E-state index contributed by atoms with van der Waals surface area (Å²) >= 11 is 1.60. The number of hydrogen-bond donors (Lipinski definition) is 1. The highest BCUT2D eigenvalue weighted by atomic mass is 32.1. The summed E-state index contributed by atoms with van der Waals surface area (Å²) in [6, 6.07) is 6.10. The van der Waals surface area contributed by atoms with E-state index in [1.54, 1.807) is 11.3 Å². The zero-order valence-electron chi connectivity index (χ0n) is 11.6. The van der Waals surface area contributed by atoms with Gasteiger partial charge < -0.3 is 5.32 Å². The number of aromatic nitrogens is 3. The Morgan fingerprint density at radius 2 is 2.11 bits per heavy atom. The molecule has 2 heterocycles. The zero-order valence-corrected chi connectivity index (χ0v) is 12.4. The molecule has 19 heavy (non-hydrogen) atoms. The van der Waals surface area contributed by atoms with Crippen molar-refractivity contribution in [1.82, 2.24) is 20.1 Å². The summed E-state index contributed by atoms with van der Waals surface area (Å²) in [7, 11) is 2.07. The van der Waals surface area contributed by atoms with Crippen molar-refractivity contribution in [3.05, 3.63) is 34.6 Å². The third kappa shape index (κ3) is 4.25. The Balaban J connectivity index is 1.91. The Kier molecular flexibility index (Phi) is 4.81. The number of pyridine rings is 1. The van der Waals surface area contributed by atoms with E-state index in [1.807, 2.05) is 25.1 Å². The average molecular weight is 277 g/mol. The van der Waals surface area contributed by atoms with Gasteiger partial charge in [-0.1, -0.05) is 17.4 Å². The van der Waals surface area contributed by atoms with Gasteiger partial charge in [-0.3, -0.25) is 9.88 Å². The molecule has 0 radical (unpaired) electrons. The second kappa shape index (κ2) is 6.58. The van der Waals surface area contributed by atoms with Crippen LogP contribution in [-0.2, 0) is 13.1 Å². The highest BCUT2D eigenvalue weighted by Crippen LogP contribution is 2.16. The van der Waals surface area contributed by atoms with Crippen molar-refractivity contribution in [1.29, 1.82) is 0 Å². The molecule has 0 unspecified atom stereocenters.